The van der Waals surface area contributed by atoms with Gasteiger partial charge in [-0.2, -0.15) is 5.10 Å². The van der Waals surface area contributed by atoms with Crippen molar-refractivity contribution in [1.29, 1.82) is 0 Å². The van der Waals surface area contributed by atoms with Gasteiger partial charge in [-0.15, -0.1) is 24.0 Å². The molecule has 1 fully saturated rings. The molecule has 7 nitrogen and oxygen atoms in total. The molecule has 0 radical (unpaired) electrons. The summed E-state index contributed by atoms with van der Waals surface area (Å²) in [4.78, 5) is 6.93. The fourth-order valence-electron chi connectivity index (χ4n) is 3.87. The van der Waals surface area contributed by atoms with Gasteiger partial charge in [-0.3, -0.25) is 9.67 Å². The number of aliphatic imine (C=N–C) groups is 1. The van der Waals surface area contributed by atoms with Crippen LogP contribution < -0.4 is 10.6 Å². The van der Waals surface area contributed by atoms with Crippen molar-refractivity contribution >= 4 is 29.9 Å². The summed E-state index contributed by atoms with van der Waals surface area (Å²) in [5, 5.41) is 11.8. The van der Waals surface area contributed by atoms with E-state index in [9.17, 15) is 0 Å². The van der Waals surface area contributed by atoms with E-state index in [1.807, 2.05) is 18.8 Å². The van der Waals surface area contributed by atoms with E-state index in [-0.39, 0.29) is 24.0 Å². The van der Waals surface area contributed by atoms with Gasteiger partial charge in [-0.25, -0.2) is 0 Å². The Morgan fingerprint density at radius 1 is 1.24 bits per heavy atom. The minimum absolute atomic E-state index is 0. The van der Waals surface area contributed by atoms with E-state index in [0.717, 1.165) is 64.4 Å². The van der Waals surface area contributed by atoms with Crippen molar-refractivity contribution in [2.45, 2.75) is 72.1 Å². The number of aryl methyl sites for hydroxylation is 2. The lowest BCUT2D eigenvalue weighted by molar-refractivity contribution is 0.0532. The van der Waals surface area contributed by atoms with Gasteiger partial charge in [0.15, 0.2) is 5.96 Å². The molecule has 1 saturated heterocycles. The van der Waals surface area contributed by atoms with Gasteiger partial charge in [0.05, 0.1) is 18.4 Å². The normalized spacial score (nSPS) is 16.2. The van der Waals surface area contributed by atoms with Crippen molar-refractivity contribution in [3.63, 3.8) is 0 Å². The second kappa shape index (κ2) is 13.4. The van der Waals surface area contributed by atoms with Crippen molar-refractivity contribution < 1.29 is 4.74 Å². The average Bonchev–Trinajstić information content (AvgIpc) is 3.00. The first kappa shape index (κ1) is 26.2. The highest BCUT2D eigenvalue weighted by Gasteiger charge is 2.20. The zero-order chi connectivity index (χ0) is 20.5. The van der Waals surface area contributed by atoms with E-state index in [0.29, 0.717) is 12.1 Å². The molecule has 0 atom stereocenters. The van der Waals surface area contributed by atoms with Gasteiger partial charge < -0.3 is 20.3 Å². The van der Waals surface area contributed by atoms with Crippen LogP contribution in [0.25, 0.3) is 0 Å². The average molecular weight is 521 g/mol. The van der Waals surface area contributed by atoms with Crippen molar-refractivity contribution in [2.75, 3.05) is 33.3 Å². The third kappa shape index (κ3) is 8.05. The Bertz CT molecular complexity index is 623. The molecule has 1 aromatic heterocycles. The fraction of sp³-hybridized carbons (Fsp3) is 0.810. The van der Waals surface area contributed by atoms with Gasteiger partial charge in [-0.1, -0.05) is 13.8 Å². The van der Waals surface area contributed by atoms with Crippen molar-refractivity contribution in [3.8, 4) is 0 Å². The maximum absolute atomic E-state index is 5.67. The zero-order valence-electron chi connectivity index (χ0n) is 19.1. The van der Waals surface area contributed by atoms with E-state index in [1.54, 1.807) is 0 Å². The highest BCUT2D eigenvalue weighted by molar-refractivity contribution is 14.0. The van der Waals surface area contributed by atoms with Gasteiger partial charge in [0.2, 0.25) is 0 Å². The summed E-state index contributed by atoms with van der Waals surface area (Å²) in [5.74, 6) is 0.884. The number of guanidine groups is 1. The Balaban J connectivity index is 0.00000420. The summed E-state index contributed by atoms with van der Waals surface area (Å²) < 4.78 is 7.69. The van der Waals surface area contributed by atoms with Crippen LogP contribution in [0.2, 0.25) is 0 Å². The summed E-state index contributed by atoms with van der Waals surface area (Å²) in [6.45, 7) is 13.4. The number of aromatic nitrogens is 2. The van der Waals surface area contributed by atoms with Crippen LogP contribution in [-0.4, -0.2) is 66.1 Å². The first-order valence-electron chi connectivity index (χ1n) is 10.8. The number of ether oxygens (including phenoxy) is 1. The quantitative estimate of drug-likeness (QED) is 0.298. The number of nitrogens with one attached hydrogen (secondary N) is 2. The van der Waals surface area contributed by atoms with Gasteiger partial charge in [0.1, 0.15) is 0 Å². The smallest absolute Gasteiger partial charge is 0.191 e. The Morgan fingerprint density at radius 2 is 1.93 bits per heavy atom. The lowest BCUT2D eigenvalue weighted by Crippen LogP contribution is -2.49. The number of rotatable bonds is 9. The first-order chi connectivity index (χ1) is 13.5. The highest BCUT2D eigenvalue weighted by atomic mass is 127. The third-order valence-corrected chi connectivity index (χ3v) is 5.47. The van der Waals surface area contributed by atoms with Crippen LogP contribution in [0, 0.1) is 0 Å². The molecule has 1 aliphatic rings. The lowest BCUT2D eigenvalue weighted by atomic mass is 10.1. The fourth-order valence-corrected chi connectivity index (χ4v) is 3.87. The van der Waals surface area contributed by atoms with E-state index in [4.69, 9.17) is 4.74 Å². The predicted molar refractivity (Wildman–Crippen MR) is 131 cm³/mol. The molecule has 2 heterocycles. The number of likely N-dealkylation sites (tertiary alicyclic amines) is 1. The van der Waals surface area contributed by atoms with Gasteiger partial charge in [0, 0.05) is 57.6 Å². The van der Waals surface area contributed by atoms with E-state index in [2.05, 4.69) is 53.3 Å². The summed E-state index contributed by atoms with van der Waals surface area (Å²) in [6.07, 6.45) is 4.53. The molecule has 1 aromatic rings. The molecule has 8 heteroatoms. The highest BCUT2D eigenvalue weighted by Crippen LogP contribution is 2.15. The number of hydrogen-bond acceptors (Lipinski definition) is 4. The maximum atomic E-state index is 5.67. The summed E-state index contributed by atoms with van der Waals surface area (Å²) in [5.41, 5.74) is 3.80. The molecule has 0 unspecified atom stereocenters. The molecule has 0 bridgehead atoms. The van der Waals surface area contributed by atoms with E-state index < -0.39 is 0 Å². The second-order valence-corrected chi connectivity index (χ2v) is 7.81. The topological polar surface area (TPSA) is 66.7 Å². The Kier molecular flexibility index (Phi) is 12.1. The number of halogens is 1. The molecule has 0 spiro atoms. The van der Waals surface area contributed by atoms with Crippen LogP contribution in [0.4, 0.5) is 0 Å². The minimum Gasteiger partial charge on any atom is -0.377 e. The largest absolute Gasteiger partial charge is 0.377 e. The molecule has 1 aliphatic heterocycles. The molecular formula is C21H41IN6O. The number of piperidine rings is 1. The van der Waals surface area contributed by atoms with Crippen LogP contribution in [0.15, 0.2) is 4.99 Å². The second-order valence-electron chi connectivity index (χ2n) is 7.81. The molecule has 29 heavy (non-hydrogen) atoms. The van der Waals surface area contributed by atoms with Crippen LogP contribution in [0.5, 0.6) is 0 Å². The third-order valence-electron chi connectivity index (χ3n) is 5.47. The Hall–Kier alpha value is -0.870. The predicted octanol–water partition coefficient (Wildman–Crippen LogP) is 2.72. The standard InChI is InChI=1S/C21H40N6O.HI/c1-7-19-18(20(8-2)26(6)25-19)15-23-21(22-5)24-17-9-11-27(12-10-17)13-14-28-16(3)4;/h16-17H,7-15H2,1-6H3,(H2,22,23,24);1H. The lowest BCUT2D eigenvalue weighted by Gasteiger charge is -2.33. The SMILES string of the molecule is CCc1nn(C)c(CC)c1CNC(=NC)NC1CCN(CCOC(C)C)CC1.I. The first-order valence-corrected chi connectivity index (χ1v) is 10.8. The maximum Gasteiger partial charge on any atom is 0.191 e. The van der Waals surface area contributed by atoms with Crippen molar-refractivity contribution in [3.05, 3.63) is 17.0 Å². The van der Waals surface area contributed by atoms with Crippen LogP contribution in [0.3, 0.4) is 0 Å². The molecule has 0 saturated carbocycles. The summed E-state index contributed by atoms with van der Waals surface area (Å²) in [6, 6.07) is 0.471. The number of nitrogens with zero attached hydrogens (tertiary/aromatic N) is 4. The molecule has 0 aliphatic carbocycles. The Morgan fingerprint density at radius 3 is 2.48 bits per heavy atom. The summed E-state index contributed by atoms with van der Waals surface area (Å²) >= 11 is 0. The van der Waals surface area contributed by atoms with Crippen molar-refractivity contribution in [1.82, 2.24) is 25.3 Å². The van der Waals surface area contributed by atoms with Gasteiger partial charge >= 0.3 is 0 Å². The van der Waals surface area contributed by atoms with Gasteiger partial charge in [0.25, 0.3) is 0 Å². The van der Waals surface area contributed by atoms with Crippen molar-refractivity contribution in [2.24, 2.45) is 12.0 Å². The Labute approximate surface area is 194 Å². The molecule has 2 N–H and O–H groups in total. The number of hydrogen-bond donors (Lipinski definition) is 2. The molecule has 0 amide bonds. The minimum atomic E-state index is 0. The van der Waals surface area contributed by atoms with E-state index >= 15 is 0 Å². The van der Waals surface area contributed by atoms with Crippen LogP contribution in [0.1, 0.15) is 57.5 Å². The van der Waals surface area contributed by atoms with Crippen LogP contribution >= 0.6 is 24.0 Å². The molecule has 0 aromatic carbocycles. The molecular weight excluding hydrogens is 479 g/mol. The molecule has 2 rings (SSSR count). The molecule has 168 valence electrons. The summed E-state index contributed by atoms with van der Waals surface area (Å²) in [7, 11) is 3.88. The van der Waals surface area contributed by atoms with Gasteiger partial charge in [-0.05, 0) is 39.5 Å². The van der Waals surface area contributed by atoms with E-state index in [1.165, 1.54) is 17.0 Å². The zero-order valence-corrected chi connectivity index (χ0v) is 21.5. The van der Waals surface area contributed by atoms with Crippen LogP contribution in [-0.2, 0) is 31.2 Å². The monoisotopic (exact) mass is 520 g/mol.